The highest BCUT2D eigenvalue weighted by Crippen LogP contribution is 2.30. The number of amides is 1. The maximum Gasteiger partial charge on any atom is 0.244 e. The molecule has 0 radical (unpaired) electrons. The van der Waals surface area contributed by atoms with E-state index in [0.29, 0.717) is 6.54 Å². The van der Waals surface area contributed by atoms with Crippen LogP contribution in [0.5, 0.6) is 11.5 Å². The average molecular weight is 405 g/mol. The second-order valence-corrected chi connectivity index (χ2v) is 7.25. The van der Waals surface area contributed by atoms with E-state index < -0.39 is 5.54 Å². The van der Waals surface area contributed by atoms with Gasteiger partial charge in [-0.3, -0.25) is 4.79 Å². The molecule has 3 rings (SSSR count). The van der Waals surface area contributed by atoms with Crippen molar-refractivity contribution in [2.45, 2.75) is 50.8 Å². The number of methoxy groups -OCH3 is 1. The van der Waals surface area contributed by atoms with E-state index in [2.05, 4.69) is 5.32 Å². The van der Waals surface area contributed by atoms with E-state index in [-0.39, 0.29) is 24.4 Å². The summed E-state index contributed by atoms with van der Waals surface area (Å²) >= 11 is 0. The van der Waals surface area contributed by atoms with Gasteiger partial charge in [0, 0.05) is 18.2 Å². The molecule has 1 unspecified atom stereocenters. The highest BCUT2D eigenvalue weighted by atomic mass is 35.5. The maximum absolute atomic E-state index is 12.7. The normalized spacial score (nSPS) is 16.0. The van der Waals surface area contributed by atoms with Gasteiger partial charge in [0.1, 0.15) is 17.0 Å². The van der Waals surface area contributed by atoms with Crippen LogP contribution in [0.4, 0.5) is 0 Å². The third kappa shape index (κ3) is 5.18. The van der Waals surface area contributed by atoms with Crippen LogP contribution < -0.4 is 20.5 Å². The van der Waals surface area contributed by atoms with Crippen molar-refractivity contribution in [3.63, 3.8) is 0 Å². The summed E-state index contributed by atoms with van der Waals surface area (Å²) in [4.78, 5) is 12.7. The predicted octanol–water partition coefficient (Wildman–Crippen LogP) is 3.93. The van der Waals surface area contributed by atoms with Crippen LogP contribution in [0.2, 0.25) is 0 Å². The van der Waals surface area contributed by atoms with Crippen LogP contribution in [-0.2, 0) is 16.9 Å². The molecule has 6 heteroatoms. The Morgan fingerprint density at radius 1 is 1.18 bits per heavy atom. The fraction of sp³-hybridized carbons (Fsp3) is 0.409. The maximum atomic E-state index is 12.7. The molecule has 0 aliphatic heterocycles. The van der Waals surface area contributed by atoms with Crippen molar-refractivity contribution in [1.29, 1.82) is 0 Å². The lowest BCUT2D eigenvalue weighted by molar-refractivity contribution is -0.126. The van der Waals surface area contributed by atoms with Crippen LogP contribution in [0, 0.1) is 0 Å². The number of nitrogens with one attached hydrogen (secondary N) is 1. The molecule has 28 heavy (non-hydrogen) atoms. The van der Waals surface area contributed by atoms with Gasteiger partial charge in [0.05, 0.1) is 13.2 Å². The lowest BCUT2D eigenvalue weighted by Crippen LogP contribution is -2.48. The van der Waals surface area contributed by atoms with Crippen LogP contribution in [0.25, 0.3) is 0 Å². The second kappa shape index (κ2) is 9.80. The fourth-order valence-corrected chi connectivity index (χ4v) is 3.38. The lowest BCUT2D eigenvalue weighted by Gasteiger charge is -2.24. The number of ether oxygens (including phenoxy) is 2. The zero-order chi connectivity index (χ0) is 19.3. The summed E-state index contributed by atoms with van der Waals surface area (Å²) in [6.07, 6.45) is 4.76. The van der Waals surface area contributed by atoms with Crippen molar-refractivity contribution >= 4 is 18.3 Å². The smallest absolute Gasteiger partial charge is 0.244 e. The van der Waals surface area contributed by atoms with E-state index in [0.717, 1.165) is 35.5 Å². The van der Waals surface area contributed by atoms with E-state index in [4.69, 9.17) is 15.2 Å². The Morgan fingerprint density at radius 2 is 1.86 bits per heavy atom. The van der Waals surface area contributed by atoms with Gasteiger partial charge in [-0.1, -0.05) is 30.3 Å². The summed E-state index contributed by atoms with van der Waals surface area (Å²) in [6, 6.07) is 15.1. The second-order valence-electron chi connectivity index (χ2n) is 7.25. The minimum absolute atomic E-state index is 0. The minimum atomic E-state index is -1.10. The standard InChI is InChI=1S/C22H28N2O3.ClH/c1-22(23,17-8-4-3-5-9-17)21(25)24-15-16-12-13-19(26-2)14-20(16)27-18-10-6-7-11-18;/h3-5,8-9,12-14,18H,6-7,10-11,15,23H2,1-2H3,(H,24,25);1H. The van der Waals surface area contributed by atoms with Gasteiger partial charge in [-0.2, -0.15) is 0 Å². The monoisotopic (exact) mass is 404 g/mol. The molecule has 1 aliphatic carbocycles. The Balaban J connectivity index is 0.00000280. The number of halogens is 1. The van der Waals surface area contributed by atoms with Crippen molar-refractivity contribution in [1.82, 2.24) is 5.32 Å². The summed E-state index contributed by atoms with van der Waals surface area (Å²) in [6.45, 7) is 2.08. The highest BCUT2D eigenvalue weighted by molar-refractivity contribution is 5.87. The van der Waals surface area contributed by atoms with Gasteiger partial charge < -0.3 is 20.5 Å². The first-order valence-corrected chi connectivity index (χ1v) is 9.47. The van der Waals surface area contributed by atoms with Gasteiger partial charge in [-0.05, 0) is 50.3 Å². The Hall–Kier alpha value is -2.24. The third-order valence-electron chi connectivity index (χ3n) is 5.15. The molecule has 1 saturated carbocycles. The highest BCUT2D eigenvalue weighted by Gasteiger charge is 2.30. The number of nitrogens with two attached hydrogens (primary N) is 1. The van der Waals surface area contributed by atoms with Crippen LogP contribution >= 0.6 is 12.4 Å². The molecule has 2 aromatic rings. The number of rotatable bonds is 7. The first kappa shape index (κ1) is 22.1. The van der Waals surface area contributed by atoms with Gasteiger partial charge in [0.2, 0.25) is 5.91 Å². The van der Waals surface area contributed by atoms with Crippen LogP contribution in [0.15, 0.2) is 48.5 Å². The van der Waals surface area contributed by atoms with E-state index in [9.17, 15) is 4.79 Å². The molecule has 5 nitrogen and oxygen atoms in total. The molecule has 0 aromatic heterocycles. The van der Waals surface area contributed by atoms with Gasteiger partial charge in [0.15, 0.2) is 0 Å². The summed E-state index contributed by atoms with van der Waals surface area (Å²) in [7, 11) is 1.63. The number of hydrogen-bond acceptors (Lipinski definition) is 4. The molecule has 1 amide bonds. The summed E-state index contributed by atoms with van der Waals surface area (Å²) in [5.74, 6) is 1.28. The summed E-state index contributed by atoms with van der Waals surface area (Å²) in [5.41, 5.74) is 6.90. The number of benzene rings is 2. The van der Waals surface area contributed by atoms with E-state index in [1.54, 1.807) is 14.0 Å². The molecule has 1 atom stereocenters. The Morgan fingerprint density at radius 3 is 2.50 bits per heavy atom. The fourth-order valence-electron chi connectivity index (χ4n) is 3.38. The molecule has 0 spiro atoms. The molecule has 1 aliphatic rings. The average Bonchev–Trinajstić information content (AvgIpc) is 3.20. The van der Waals surface area contributed by atoms with Crippen molar-refractivity contribution in [3.05, 3.63) is 59.7 Å². The molecule has 2 aromatic carbocycles. The minimum Gasteiger partial charge on any atom is -0.497 e. The summed E-state index contributed by atoms with van der Waals surface area (Å²) in [5, 5.41) is 2.96. The van der Waals surface area contributed by atoms with Crippen molar-refractivity contribution in [3.8, 4) is 11.5 Å². The van der Waals surface area contributed by atoms with Gasteiger partial charge >= 0.3 is 0 Å². The van der Waals surface area contributed by atoms with E-state index >= 15 is 0 Å². The van der Waals surface area contributed by atoms with Gasteiger partial charge in [-0.15, -0.1) is 12.4 Å². The first-order valence-electron chi connectivity index (χ1n) is 9.47. The Bertz CT molecular complexity index is 775. The number of hydrogen-bond donors (Lipinski definition) is 2. The quantitative estimate of drug-likeness (QED) is 0.733. The lowest BCUT2D eigenvalue weighted by atomic mass is 9.92. The van der Waals surface area contributed by atoms with Gasteiger partial charge in [0.25, 0.3) is 0 Å². The topological polar surface area (TPSA) is 73.6 Å². The van der Waals surface area contributed by atoms with Crippen molar-refractivity contribution in [2.24, 2.45) is 5.73 Å². The molecule has 3 N–H and O–H groups in total. The third-order valence-corrected chi connectivity index (χ3v) is 5.15. The molecule has 0 heterocycles. The molecule has 152 valence electrons. The van der Waals surface area contributed by atoms with E-state index in [1.807, 2.05) is 48.5 Å². The number of carbonyl (C=O) groups excluding carboxylic acids is 1. The summed E-state index contributed by atoms with van der Waals surface area (Å²) < 4.78 is 11.5. The van der Waals surface area contributed by atoms with E-state index in [1.165, 1.54) is 12.8 Å². The van der Waals surface area contributed by atoms with Crippen LogP contribution in [-0.4, -0.2) is 19.1 Å². The predicted molar refractivity (Wildman–Crippen MR) is 113 cm³/mol. The zero-order valence-corrected chi connectivity index (χ0v) is 17.3. The first-order chi connectivity index (χ1) is 13.0. The SMILES string of the molecule is COc1ccc(CNC(=O)C(C)(N)c2ccccc2)c(OC2CCCC2)c1.Cl. The molecular weight excluding hydrogens is 376 g/mol. The van der Waals surface area contributed by atoms with Crippen molar-refractivity contribution in [2.75, 3.05) is 7.11 Å². The van der Waals surface area contributed by atoms with Crippen LogP contribution in [0.3, 0.4) is 0 Å². The largest absolute Gasteiger partial charge is 0.497 e. The molecule has 1 fully saturated rings. The zero-order valence-electron chi connectivity index (χ0n) is 16.4. The molecule has 0 saturated heterocycles. The molecule has 0 bridgehead atoms. The Kier molecular flexibility index (Phi) is 7.72. The number of carbonyl (C=O) groups is 1. The van der Waals surface area contributed by atoms with Crippen molar-refractivity contribution < 1.29 is 14.3 Å². The Labute approximate surface area is 173 Å². The van der Waals surface area contributed by atoms with Crippen LogP contribution in [0.1, 0.15) is 43.7 Å². The molecular formula is C22H29ClN2O3. The van der Waals surface area contributed by atoms with Gasteiger partial charge in [-0.25, -0.2) is 0 Å².